The summed E-state index contributed by atoms with van der Waals surface area (Å²) in [7, 11) is 3.92. The summed E-state index contributed by atoms with van der Waals surface area (Å²) in [6.07, 6.45) is 15.9. The predicted molar refractivity (Wildman–Crippen MR) is 152 cm³/mol. The maximum atomic E-state index is 4.10. The summed E-state index contributed by atoms with van der Waals surface area (Å²) in [5.41, 5.74) is 7.81. The van der Waals surface area contributed by atoms with Crippen molar-refractivity contribution < 1.29 is 29.2 Å². The van der Waals surface area contributed by atoms with Crippen LogP contribution in [0.1, 0.15) is 28.1 Å². The van der Waals surface area contributed by atoms with Crippen molar-refractivity contribution >= 4 is 0 Å². The maximum Gasteiger partial charge on any atom is 0.241 e. The van der Waals surface area contributed by atoms with Gasteiger partial charge < -0.3 is 28.4 Å². The second-order valence-corrected chi connectivity index (χ2v) is 9.57. The molecule has 6 aromatic rings. The van der Waals surface area contributed by atoms with Crippen molar-refractivity contribution in [1.29, 1.82) is 0 Å². The molecular weight excluding hydrogens is 689 g/mol. The summed E-state index contributed by atoms with van der Waals surface area (Å²) in [5, 5.41) is 7.65. The number of pyridine rings is 1. The van der Waals surface area contributed by atoms with E-state index in [0.29, 0.717) is 11.6 Å². The van der Waals surface area contributed by atoms with Crippen molar-refractivity contribution in [2.24, 2.45) is 14.1 Å². The molecule has 6 rings (SSSR count). The molecule has 9 heteroatoms. The Labute approximate surface area is 255 Å². The standard InChI is InChI=1S/2C12H13N2.C8H7N4.Ir/c2*1-10-4-5-12(11(2)8-10)14-7-6-13(3)9-14;1-6-10-8(12-11-6)7-4-2-3-5-9-7;/h2*4,6-8H,1-3H3;2-5H,1H3;/q3*-1;. The van der Waals surface area contributed by atoms with E-state index >= 15 is 0 Å². The Morgan fingerprint density at radius 2 is 1.32 bits per heavy atom. The monoisotopic (exact) mass is 722 g/mol. The van der Waals surface area contributed by atoms with Gasteiger partial charge in [-0.05, 0) is 24.9 Å². The van der Waals surface area contributed by atoms with Gasteiger partial charge in [-0.1, -0.05) is 45.1 Å². The van der Waals surface area contributed by atoms with Gasteiger partial charge in [0.1, 0.15) is 0 Å². The zero-order valence-electron chi connectivity index (χ0n) is 24.3. The van der Waals surface area contributed by atoms with E-state index < -0.39 is 0 Å². The van der Waals surface area contributed by atoms with Crippen molar-refractivity contribution in [2.75, 3.05) is 0 Å². The third kappa shape index (κ3) is 8.64. The summed E-state index contributed by atoms with van der Waals surface area (Å²) < 4.78 is 7.70. The van der Waals surface area contributed by atoms with Crippen molar-refractivity contribution in [3.8, 4) is 22.9 Å². The Kier molecular flexibility index (Phi) is 11.0. The van der Waals surface area contributed by atoms with Gasteiger partial charge in [0.25, 0.3) is 0 Å². The number of benzene rings is 2. The van der Waals surface area contributed by atoms with Crippen LogP contribution >= 0.6 is 0 Å². The van der Waals surface area contributed by atoms with Crippen LogP contribution in [0.15, 0.2) is 73.4 Å². The van der Waals surface area contributed by atoms with E-state index in [-0.39, 0.29) is 20.1 Å². The number of imidazole rings is 2. The first-order chi connectivity index (χ1) is 19.2. The molecule has 0 unspecified atom stereocenters. The van der Waals surface area contributed by atoms with Crippen LogP contribution in [-0.4, -0.2) is 24.2 Å². The van der Waals surface area contributed by atoms with Gasteiger partial charge in [-0.2, -0.15) is 58.7 Å². The first-order valence-electron chi connectivity index (χ1n) is 12.9. The van der Waals surface area contributed by atoms with Gasteiger partial charge in [0.05, 0.1) is 19.8 Å². The number of aryl methyl sites for hydroxylation is 7. The molecule has 0 amide bonds. The minimum atomic E-state index is 0. The smallest absolute Gasteiger partial charge is 0.241 e. The molecule has 41 heavy (non-hydrogen) atoms. The Morgan fingerprint density at radius 3 is 1.68 bits per heavy atom. The van der Waals surface area contributed by atoms with E-state index in [4.69, 9.17) is 0 Å². The summed E-state index contributed by atoms with van der Waals surface area (Å²) in [4.78, 5) is 8.19. The van der Waals surface area contributed by atoms with Crippen LogP contribution in [0.5, 0.6) is 0 Å². The van der Waals surface area contributed by atoms with Crippen LogP contribution in [0.2, 0.25) is 0 Å². The van der Waals surface area contributed by atoms with Crippen molar-refractivity contribution in [3.05, 3.63) is 126 Å². The van der Waals surface area contributed by atoms with Crippen molar-refractivity contribution in [2.45, 2.75) is 34.6 Å². The van der Waals surface area contributed by atoms with Crippen LogP contribution in [0.25, 0.3) is 22.9 Å². The number of aromatic nitrogens is 8. The maximum absolute atomic E-state index is 4.10. The molecule has 0 fully saturated rings. The topological polar surface area (TPSA) is 70.4 Å². The second-order valence-electron chi connectivity index (χ2n) is 9.57. The number of hydrogen-bond acceptors (Lipinski definition) is 3. The summed E-state index contributed by atoms with van der Waals surface area (Å²) >= 11 is 0. The molecule has 4 aromatic heterocycles. The van der Waals surface area contributed by atoms with E-state index in [9.17, 15) is 0 Å². The number of rotatable bonds is 3. The van der Waals surface area contributed by atoms with Crippen LogP contribution in [0.3, 0.4) is 0 Å². The Balaban J connectivity index is 0.000000168. The van der Waals surface area contributed by atoms with E-state index in [1.54, 1.807) is 13.1 Å². The van der Waals surface area contributed by atoms with E-state index in [0.717, 1.165) is 17.1 Å². The van der Waals surface area contributed by atoms with Crippen LogP contribution in [0, 0.1) is 59.4 Å². The van der Waals surface area contributed by atoms with Gasteiger partial charge in [-0.25, -0.2) is 0 Å². The molecule has 0 atom stereocenters. The largest absolute Gasteiger partial charge is 0.421 e. The molecule has 0 N–H and O–H groups in total. The predicted octanol–water partition coefficient (Wildman–Crippen LogP) is 3.84. The van der Waals surface area contributed by atoms with Crippen molar-refractivity contribution in [3.63, 3.8) is 0 Å². The van der Waals surface area contributed by atoms with Gasteiger partial charge in [0.2, 0.25) is 12.7 Å². The van der Waals surface area contributed by atoms with Gasteiger partial charge in [0, 0.05) is 56.9 Å². The van der Waals surface area contributed by atoms with E-state index in [1.807, 2.05) is 87.5 Å². The molecule has 4 heterocycles. The molecule has 0 saturated carbocycles. The third-order valence-corrected chi connectivity index (χ3v) is 5.85. The molecular formula is C32H33IrN8-3. The SMILES string of the molecule is Cc1c[c-]c(-n2[c-][n+](C)cc2)c(C)c1.Cc1c[c-]c(-n2[c-][n+](C)cc2)c(C)c1.Cc1n[n-]c(-c2ccccn2)n1.[Ir]. The van der Waals surface area contributed by atoms with Crippen LogP contribution in [0.4, 0.5) is 0 Å². The zero-order valence-corrected chi connectivity index (χ0v) is 26.7. The van der Waals surface area contributed by atoms with Gasteiger partial charge in [-0.15, -0.1) is 0 Å². The molecule has 0 aliphatic heterocycles. The molecule has 2 aromatic carbocycles. The van der Waals surface area contributed by atoms with E-state index in [1.165, 1.54) is 22.3 Å². The average Bonchev–Trinajstić information content (AvgIpc) is 3.67. The first-order valence-corrected chi connectivity index (χ1v) is 12.9. The minimum absolute atomic E-state index is 0. The fourth-order valence-corrected chi connectivity index (χ4v) is 3.99. The zero-order chi connectivity index (χ0) is 28.6. The second kappa shape index (κ2) is 14.4. The van der Waals surface area contributed by atoms with Crippen LogP contribution < -0.4 is 14.2 Å². The first kappa shape index (κ1) is 31.3. The molecule has 0 aliphatic carbocycles. The van der Waals surface area contributed by atoms with Gasteiger partial charge in [-0.3, -0.25) is 10.1 Å². The van der Waals surface area contributed by atoms with Crippen LogP contribution in [-0.2, 0) is 34.2 Å². The fraction of sp³-hybridized carbons (Fsp3) is 0.219. The Morgan fingerprint density at radius 1 is 0.780 bits per heavy atom. The number of nitrogens with zero attached hydrogens (tertiary/aromatic N) is 8. The molecule has 0 saturated heterocycles. The molecule has 8 nitrogen and oxygen atoms in total. The molecule has 0 bridgehead atoms. The Bertz CT molecular complexity index is 1590. The number of hydrogen-bond donors (Lipinski definition) is 0. The van der Waals surface area contributed by atoms with Crippen molar-refractivity contribution in [1.82, 2.24) is 29.3 Å². The summed E-state index contributed by atoms with van der Waals surface area (Å²) in [5.74, 6) is 1.27. The average molecular weight is 722 g/mol. The fourth-order valence-electron chi connectivity index (χ4n) is 3.99. The summed E-state index contributed by atoms with van der Waals surface area (Å²) in [6, 6.07) is 20.4. The van der Waals surface area contributed by atoms with Gasteiger partial charge >= 0.3 is 0 Å². The third-order valence-electron chi connectivity index (χ3n) is 5.85. The molecule has 213 valence electrons. The molecule has 0 aliphatic rings. The minimum Gasteiger partial charge on any atom is -0.421 e. The molecule has 0 spiro atoms. The Hall–Kier alpha value is -4.20. The molecule has 1 radical (unpaired) electrons. The van der Waals surface area contributed by atoms with Gasteiger partial charge in [0.15, 0.2) is 0 Å². The normalized spacial score (nSPS) is 10.1. The van der Waals surface area contributed by atoms with E-state index in [2.05, 4.69) is 84.8 Å². The summed E-state index contributed by atoms with van der Waals surface area (Å²) in [6.45, 7) is 10.1. The quantitative estimate of drug-likeness (QED) is 0.206.